The summed E-state index contributed by atoms with van der Waals surface area (Å²) in [4.78, 5) is 27.8. The van der Waals surface area contributed by atoms with Gasteiger partial charge in [-0.05, 0) is 69.7 Å². The van der Waals surface area contributed by atoms with Gasteiger partial charge in [0.1, 0.15) is 18.3 Å². The summed E-state index contributed by atoms with van der Waals surface area (Å²) in [6.07, 6.45) is 0. The summed E-state index contributed by atoms with van der Waals surface area (Å²) >= 11 is 0. The van der Waals surface area contributed by atoms with Crippen LogP contribution in [0.3, 0.4) is 0 Å². The molecule has 0 saturated heterocycles. The molecule has 0 aliphatic rings. The first kappa shape index (κ1) is 28.7. The van der Waals surface area contributed by atoms with Gasteiger partial charge in [0.2, 0.25) is 11.8 Å². The lowest BCUT2D eigenvalue weighted by atomic mass is 10.1. The Labute approximate surface area is 225 Å². The van der Waals surface area contributed by atoms with Crippen molar-refractivity contribution in [2.24, 2.45) is 0 Å². The molecule has 202 valence electrons. The van der Waals surface area contributed by atoms with Crippen LogP contribution in [0, 0.1) is 13.8 Å². The lowest BCUT2D eigenvalue weighted by molar-refractivity contribution is -0.139. The SMILES string of the molecule is CCOc1ccc(N(CC(=O)N(Cc2ccc(C)cc2)[C@H](C)C(=O)NC)S(=O)(=O)c2ccc(C)cc2)cc1. The quantitative estimate of drug-likeness (QED) is 0.398. The van der Waals surface area contributed by atoms with Crippen LogP contribution in [0.15, 0.2) is 77.7 Å². The third-order valence-corrected chi connectivity index (χ3v) is 8.00. The van der Waals surface area contributed by atoms with Crippen molar-refractivity contribution in [2.45, 2.75) is 45.2 Å². The molecule has 0 bridgehead atoms. The van der Waals surface area contributed by atoms with Crippen LogP contribution >= 0.6 is 0 Å². The number of aryl methyl sites for hydroxylation is 2. The Balaban J connectivity index is 2.02. The van der Waals surface area contributed by atoms with Gasteiger partial charge in [-0.3, -0.25) is 13.9 Å². The summed E-state index contributed by atoms with van der Waals surface area (Å²) in [6.45, 7) is 7.44. The zero-order valence-electron chi connectivity index (χ0n) is 22.5. The molecule has 9 heteroatoms. The highest BCUT2D eigenvalue weighted by Crippen LogP contribution is 2.27. The van der Waals surface area contributed by atoms with Gasteiger partial charge < -0.3 is 15.0 Å². The van der Waals surface area contributed by atoms with Crippen molar-refractivity contribution in [3.63, 3.8) is 0 Å². The monoisotopic (exact) mass is 537 g/mol. The number of rotatable bonds is 11. The second-order valence-corrected chi connectivity index (χ2v) is 10.9. The first-order valence-electron chi connectivity index (χ1n) is 12.5. The van der Waals surface area contributed by atoms with Gasteiger partial charge in [0.15, 0.2) is 0 Å². The van der Waals surface area contributed by atoms with Crippen molar-refractivity contribution >= 4 is 27.5 Å². The van der Waals surface area contributed by atoms with E-state index in [9.17, 15) is 18.0 Å². The Kier molecular flexibility index (Phi) is 9.52. The van der Waals surface area contributed by atoms with Crippen LogP contribution in [-0.4, -0.2) is 51.4 Å². The maximum absolute atomic E-state index is 13.8. The molecule has 0 heterocycles. The van der Waals surface area contributed by atoms with Crippen LogP contribution in [-0.2, 0) is 26.2 Å². The number of sulfonamides is 1. The number of ether oxygens (including phenoxy) is 1. The normalized spacial score (nSPS) is 11.9. The van der Waals surface area contributed by atoms with Crippen LogP contribution < -0.4 is 14.4 Å². The Morgan fingerprint density at radius 3 is 1.97 bits per heavy atom. The first-order valence-corrected chi connectivity index (χ1v) is 13.9. The summed E-state index contributed by atoms with van der Waals surface area (Å²) < 4.78 is 34.2. The van der Waals surface area contributed by atoms with Gasteiger partial charge in [0.05, 0.1) is 17.2 Å². The van der Waals surface area contributed by atoms with Gasteiger partial charge in [0, 0.05) is 13.6 Å². The molecule has 3 aromatic rings. The molecule has 0 radical (unpaired) electrons. The molecule has 3 aromatic carbocycles. The smallest absolute Gasteiger partial charge is 0.264 e. The van der Waals surface area contributed by atoms with Crippen molar-refractivity contribution in [3.8, 4) is 5.75 Å². The highest BCUT2D eigenvalue weighted by molar-refractivity contribution is 7.92. The average Bonchev–Trinajstić information content (AvgIpc) is 2.91. The molecule has 0 fully saturated rings. The molecule has 2 amide bonds. The molecule has 0 aromatic heterocycles. The predicted octanol–water partition coefficient (Wildman–Crippen LogP) is 4.06. The van der Waals surface area contributed by atoms with Gasteiger partial charge in [0.25, 0.3) is 10.0 Å². The standard InChI is InChI=1S/C29H35N3O5S/c1-6-37-26-15-13-25(14-16-26)32(38(35,36)27-17-9-22(3)10-18-27)20-28(33)31(23(4)29(34)30-5)19-24-11-7-21(2)8-12-24/h7-18,23H,6,19-20H2,1-5H3,(H,30,34)/t23-/m1/s1. The zero-order chi connectivity index (χ0) is 27.9. The maximum atomic E-state index is 13.8. The predicted molar refractivity (Wildman–Crippen MR) is 149 cm³/mol. The van der Waals surface area contributed by atoms with Crippen molar-refractivity contribution in [1.29, 1.82) is 0 Å². The molecular weight excluding hydrogens is 502 g/mol. The number of anilines is 1. The fourth-order valence-electron chi connectivity index (χ4n) is 3.92. The molecule has 3 rings (SSSR count). The van der Waals surface area contributed by atoms with Crippen molar-refractivity contribution in [2.75, 3.05) is 24.5 Å². The fourth-order valence-corrected chi connectivity index (χ4v) is 5.34. The molecule has 0 unspecified atom stereocenters. The van der Waals surface area contributed by atoms with Gasteiger partial charge in [-0.2, -0.15) is 0 Å². The molecule has 0 aliphatic carbocycles. The van der Waals surface area contributed by atoms with E-state index in [1.807, 2.05) is 45.0 Å². The van der Waals surface area contributed by atoms with E-state index in [2.05, 4.69) is 5.32 Å². The highest BCUT2D eigenvalue weighted by atomic mass is 32.2. The van der Waals surface area contributed by atoms with Crippen LogP contribution in [0.2, 0.25) is 0 Å². The summed E-state index contributed by atoms with van der Waals surface area (Å²) in [5.74, 6) is -0.268. The minimum atomic E-state index is -4.11. The van der Waals surface area contributed by atoms with E-state index in [1.54, 1.807) is 43.3 Å². The summed E-state index contributed by atoms with van der Waals surface area (Å²) in [5, 5.41) is 2.58. The van der Waals surface area contributed by atoms with E-state index in [1.165, 1.54) is 24.1 Å². The third kappa shape index (κ3) is 6.92. The number of likely N-dealkylation sites (N-methyl/N-ethyl adjacent to an activating group) is 1. The van der Waals surface area contributed by atoms with E-state index in [0.29, 0.717) is 18.0 Å². The van der Waals surface area contributed by atoms with E-state index >= 15 is 0 Å². The number of carbonyl (C=O) groups excluding carboxylic acids is 2. The van der Waals surface area contributed by atoms with E-state index in [4.69, 9.17) is 4.74 Å². The van der Waals surface area contributed by atoms with E-state index < -0.39 is 28.5 Å². The minimum Gasteiger partial charge on any atom is -0.494 e. The lowest BCUT2D eigenvalue weighted by Crippen LogP contribution is -2.50. The van der Waals surface area contributed by atoms with Gasteiger partial charge in [-0.15, -0.1) is 0 Å². The molecule has 1 atom stereocenters. The Morgan fingerprint density at radius 2 is 1.45 bits per heavy atom. The minimum absolute atomic E-state index is 0.0641. The Morgan fingerprint density at radius 1 is 0.895 bits per heavy atom. The molecule has 0 saturated carbocycles. The molecule has 0 aliphatic heterocycles. The molecule has 8 nitrogen and oxygen atoms in total. The van der Waals surface area contributed by atoms with E-state index in [-0.39, 0.29) is 17.3 Å². The number of hydrogen-bond acceptors (Lipinski definition) is 5. The number of nitrogens with one attached hydrogen (secondary N) is 1. The molecule has 1 N–H and O–H groups in total. The Bertz CT molecular complexity index is 1340. The fraction of sp³-hybridized carbons (Fsp3) is 0.310. The van der Waals surface area contributed by atoms with E-state index in [0.717, 1.165) is 21.0 Å². The lowest BCUT2D eigenvalue weighted by Gasteiger charge is -2.31. The molecular formula is C29H35N3O5S. The van der Waals surface area contributed by atoms with Crippen molar-refractivity contribution in [1.82, 2.24) is 10.2 Å². The second kappa shape index (κ2) is 12.6. The van der Waals surface area contributed by atoms with Crippen molar-refractivity contribution < 1.29 is 22.7 Å². The van der Waals surface area contributed by atoms with Crippen molar-refractivity contribution in [3.05, 3.63) is 89.5 Å². The van der Waals surface area contributed by atoms with Gasteiger partial charge in [-0.1, -0.05) is 47.5 Å². The highest BCUT2D eigenvalue weighted by Gasteiger charge is 2.32. The summed E-state index contributed by atoms with van der Waals surface area (Å²) in [6, 6.07) is 19.8. The first-order chi connectivity index (χ1) is 18.1. The number of benzene rings is 3. The van der Waals surface area contributed by atoms with Gasteiger partial charge >= 0.3 is 0 Å². The average molecular weight is 538 g/mol. The number of hydrogen-bond donors (Lipinski definition) is 1. The zero-order valence-corrected chi connectivity index (χ0v) is 23.3. The number of carbonyl (C=O) groups is 2. The third-order valence-electron chi connectivity index (χ3n) is 6.21. The molecule has 0 spiro atoms. The number of nitrogens with zero attached hydrogens (tertiary/aromatic N) is 2. The van der Waals surface area contributed by atoms with Gasteiger partial charge in [-0.25, -0.2) is 8.42 Å². The second-order valence-electron chi connectivity index (χ2n) is 9.05. The maximum Gasteiger partial charge on any atom is 0.264 e. The largest absolute Gasteiger partial charge is 0.494 e. The van der Waals surface area contributed by atoms with Crippen LogP contribution in [0.1, 0.15) is 30.5 Å². The van der Waals surface area contributed by atoms with Crippen LogP contribution in [0.25, 0.3) is 0 Å². The van der Waals surface area contributed by atoms with Crippen LogP contribution in [0.4, 0.5) is 5.69 Å². The summed E-state index contributed by atoms with van der Waals surface area (Å²) in [7, 11) is -2.61. The Hall–Kier alpha value is -3.85. The number of amides is 2. The molecule has 38 heavy (non-hydrogen) atoms. The topological polar surface area (TPSA) is 96.0 Å². The summed E-state index contributed by atoms with van der Waals surface area (Å²) in [5.41, 5.74) is 3.12. The van der Waals surface area contributed by atoms with Crippen LogP contribution in [0.5, 0.6) is 5.75 Å².